The Morgan fingerprint density at radius 2 is 2.05 bits per heavy atom. The van der Waals surface area contributed by atoms with E-state index in [2.05, 4.69) is 5.10 Å². The van der Waals surface area contributed by atoms with Gasteiger partial charge in [0, 0.05) is 12.8 Å². The third kappa shape index (κ3) is 2.55. The normalized spacial score (nSPS) is 21.2. The molecule has 3 rings (SSSR count). The number of aromatic nitrogens is 2. The first-order valence-electron chi connectivity index (χ1n) is 6.75. The van der Waals surface area contributed by atoms with Gasteiger partial charge in [0.05, 0.1) is 17.5 Å². The van der Waals surface area contributed by atoms with Gasteiger partial charge in [0.1, 0.15) is 6.10 Å². The van der Waals surface area contributed by atoms with E-state index in [0.717, 1.165) is 37.3 Å². The van der Waals surface area contributed by atoms with E-state index in [4.69, 9.17) is 4.74 Å². The summed E-state index contributed by atoms with van der Waals surface area (Å²) in [5.74, 6) is 0. The molecule has 0 spiro atoms. The summed E-state index contributed by atoms with van der Waals surface area (Å²) >= 11 is 0. The molecule has 1 aromatic carbocycles. The van der Waals surface area contributed by atoms with Crippen LogP contribution in [0.4, 0.5) is 0 Å². The zero-order chi connectivity index (χ0) is 13.1. The number of aliphatic hydroxyl groups is 1. The van der Waals surface area contributed by atoms with Crippen LogP contribution in [0.15, 0.2) is 42.6 Å². The van der Waals surface area contributed by atoms with Crippen LogP contribution in [0.3, 0.4) is 0 Å². The van der Waals surface area contributed by atoms with E-state index in [0.29, 0.717) is 0 Å². The molecule has 4 heteroatoms. The summed E-state index contributed by atoms with van der Waals surface area (Å²) in [7, 11) is 0. The van der Waals surface area contributed by atoms with Crippen molar-refractivity contribution in [2.45, 2.75) is 31.5 Å². The molecule has 2 unspecified atom stereocenters. The highest BCUT2D eigenvalue weighted by atomic mass is 16.5. The number of benzene rings is 1. The van der Waals surface area contributed by atoms with Crippen LogP contribution in [-0.4, -0.2) is 27.6 Å². The van der Waals surface area contributed by atoms with Crippen molar-refractivity contribution in [3.63, 3.8) is 0 Å². The first-order valence-corrected chi connectivity index (χ1v) is 6.75. The number of hydrogen-bond acceptors (Lipinski definition) is 3. The van der Waals surface area contributed by atoms with Crippen molar-refractivity contribution in [2.75, 3.05) is 6.61 Å². The first kappa shape index (κ1) is 12.4. The monoisotopic (exact) mass is 258 g/mol. The van der Waals surface area contributed by atoms with Crippen LogP contribution in [0.5, 0.6) is 0 Å². The maximum Gasteiger partial charge on any atom is 0.122 e. The van der Waals surface area contributed by atoms with Crippen molar-refractivity contribution in [1.29, 1.82) is 0 Å². The molecule has 1 aromatic heterocycles. The molecule has 0 bridgehead atoms. The van der Waals surface area contributed by atoms with Gasteiger partial charge in [-0.3, -0.25) is 0 Å². The van der Waals surface area contributed by atoms with E-state index < -0.39 is 6.10 Å². The molecule has 1 fully saturated rings. The minimum absolute atomic E-state index is 0.118. The molecule has 0 aliphatic carbocycles. The lowest BCUT2D eigenvalue weighted by Gasteiger charge is -2.27. The van der Waals surface area contributed by atoms with Crippen molar-refractivity contribution in [2.24, 2.45) is 0 Å². The van der Waals surface area contributed by atoms with Crippen molar-refractivity contribution in [3.05, 3.63) is 48.3 Å². The Kier molecular flexibility index (Phi) is 3.62. The van der Waals surface area contributed by atoms with Crippen molar-refractivity contribution in [1.82, 2.24) is 9.78 Å². The van der Waals surface area contributed by atoms with E-state index >= 15 is 0 Å². The molecule has 2 atom stereocenters. The Bertz CT molecular complexity index is 518. The van der Waals surface area contributed by atoms with Gasteiger partial charge in [-0.25, -0.2) is 4.68 Å². The fourth-order valence-electron chi connectivity index (χ4n) is 2.53. The predicted octanol–water partition coefficient (Wildman–Crippen LogP) is 2.47. The maximum atomic E-state index is 10.5. The van der Waals surface area contributed by atoms with Gasteiger partial charge in [-0.05, 0) is 37.5 Å². The lowest BCUT2D eigenvalue weighted by Crippen LogP contribution is -2.27. The molecule has 0 amide bonds. The van der Waals surface area contributed by atoms with Crippen LogP contribution in [-0.2, 0) is 4.74 Å². The van der Waals surface area contributed by atoms with Crippen LogP contribution in [0, 0.1) is 0 Å². The number of para-hydroxylation sites is 1. The van der Waals surface area contributed by atoms with Crippen molar-refractivity contribution >= 4 is 0 Å². The van der Waals surface area contributed by atoms with E-state index in [1.165, 1.54) is 0 Å². The van der Waals surface area contributed by atoms with E-state index in [1.807, 2.05) is 36.4 Å². The Hall–Kier alpha value is -1.65. The topological polar surface area (TPSA) is 47.3 Å². The Morgan fingerprint density at radius 1 is 1.21 bits per heavy atom. The fourth-order valence-corrected chi connectivity index (χ4v) is 2.53. The van der Waals surface area contributed by atoms with E-state index in [-0.39, 0.29) is 6.10 Å². The van der Waals surface area contributed by atoms with Crippen molar-refractivity contribution < 1.29 is 9.84 Å². The highest BCUT2D eigenvalue weighted by Gasteiger charge is 2.26. The third-order valence-corrected chi connectivity index (χ3v) is 3.54. The molecule has 2 aromatic rings. The molecule has 4 nitrogen and oxygen atoms in total. The Labute approximate surface area is 112 Å². The molecule has 0 radical (unpaired) electrons. The molecule has 0 saturated carbocycles. The minimum atomic E-state index is -0.622. The lowest BCUT2D eigenvalue weighted by molar-refractivity contribution is -0.0655. The van der Waals surface area contributed by atoms with Gasteiger partial charge < -0.3 is 9.84 Å². The van der Waals surface area contributed by atoms with E-state index in [9.17, 15) is 5.11 Å². The molecule has 2 heterocycles. The highest BCUT2D eigenvalue weighted by Crippen LogP contribution is 2.27. The van der Waals surface area contributed by atoms with Gasteiger partial charge in [0.15, 0.2) is 0 Å². The van der Waals surface area contributed by atoms with Crippen molar-refractivity contribution in [3.8, 4) is 5.69 Å². The number of hydrogen-bond donors (Lipinski definition) is 1. The third-order valence-electron chi connectivity index (χ3n) is 3.54. The number of rotatable bonds is 3. The fraction of sp³-hybridized carbons (Fsp3) is 0.400. The summed E-state index contributed by atoms with van der Waals surface area (Å²) in [6.45, 7) is 0.737. The SMILES string of the molecule is OC(c1ccnn1-c1ccccc1)C1CCCCO1. The molecule has 100 valence electrons. The van der Waals surface area contributed by atoms with Crippen LogP contribution in [0.25, 0.3) is 5.69 Å². The second kappa shape index (κ2) is 5.55. The molecule has 1 N–H and O–H groups in total. The van der Waals surface area contributed by atoms with Crippen LogP contribution < -0.4 is 0 Å². The zero-order valence-corrected chi connectivity index (χ0v) is 10.8. The molecular formula is C15H18N2O2. The summed E-state index contributed by atoms with van der Waals surface area (Å²) in [5, 5.41) is 14.8. The molecule has 1 aliphatic rings. The van der Waals surface area contributed by atoms with Gasteiger partial charge in [0.25, 0.3) is 0 Å². The summed E-state index contributed by atoms with van der Waals surface area (Å²) in [4.78, 5) is 0. The summed E-state index contributed by atoms with van der Waals surface area (Å²) < 4.78 is 7.44. The summed E-state index contributed by atoms with van der Waals surface area (Å²) in [6.07, 6.45) is 4.08. The van der Waals surface area contributed by atoms with E-state index in [1.54, 1.807) is 10.9 Å². The lowest BCUT2D eigenvalue weighted by atomic mass is 10.0. The molecule has 1 aliphatic heterocycles. The second-order valence-electron chi connectivity index (χ2n) is 4.85. The first-order chi connectivity index (χ1) is 9.36. The molecule has 1 saturated heterocycles. The number of nitrogens with zero attached hydrogens (tertiary/aromatic N) is 2. The standard InChI is InChI=1S/C15H18N2O2/c18-15(14-8-4-5-11-19-14)13-9-10-16-17(13)12-6-2-1-3-7-12/h1-3,6-7,9-10,14-15,18H,4-5,8,11H2. The Balaban J connectivity index is 1.87. The quantitative estimate of drug-likeness (QED) is 0.920. The van der Waals surface area contributed by atoms with Gasteiger partial charge in [0.2, 0.25) is 0 Å². The average Bonchev–Trinajstić information content (AvgIpc) is 2.98. The van der Waals surface area contributed by atoms with Crippen LogP contribution >= 0.6 is 0 Å². The summed E-state index contributed by atoms with van der Waals surface area (Å²) in [5.41, 5.74) is 1.75. The number of ether oxygens (including phenoxy) is 1. The predicted molar refractivity (Wildman–Crippen MR) is 72.1 cm³/mol. The minimum Gasteiger partial charge on any atom is -0.384 e. The molecule has 19 heavy (non-hydrogen) atoms. The average molecular weight is 258 g/mol. The van der Waals surface area contributed by atoms with Gasteiger partial charge in [-0.1, -0.05) is 18.2 Å². The molecular weight excluding hydrogens is 240 g/mol. The van der Waals surface area contributed by atoms with Crippen LogP contribution in [0.2, 0.25) is 0 Å². The van der Waals surface area contributed by atoms with Gasteiger partial charge >= 0.3 is 0 Å². The Morgan fingerprint density at radius 3 is 2.79 bits per heavy atom. The highest BCUT2D eigenvalue weighted by molar-refractivity contribution is 5.33. The number of aliphatic hydroxyl groups excluding tert-OH is 1. The van der Waals surface area contributed by atoms with Gasteiger partial charge in [-0.15, -0.1) is 0 Å². The van der Waals surface area contributed by atoms with Gasteiger partial charge in [-0.2, -0.15) is 5.10 Å². The zero-order valence-electron chi connectivity index (χ0n) is 10.8. The maximum absolute atomic E-state index is 10.5. The summed E-state index contributed by atoms with van der Waals surface area (Å²) in [6, 6.07) is 11.7. The largest absolute Gasteiger partial charge is 0.384 e. The smallest absolute Gasteiger partial charge is 0.122 e. The van der Waals surface area contributed by atoms with Crippen LogP contribution in [0.1, 0.15) is 31.1 Å². The second-order valence-corrected chi connectivity index (χ2v) is 4.85.